The molecule has 0 unspecified atom stereocenters. The molecule has 0 spiro atoms. The molecule has 0 aliphatic carbocycles. The number of hydrogen-bond donors (Lipinski definition) is 1. The summed E-state index contributed by atoms with van der Waals surface area (Å²) in [5, 5.41) is 9.50. The lowest BCUT2D eigenvalue weighted by Crippen LogP contribution is -2.35. The van der Waals surface area contributed by atoms with Gasteiger partial charge in [-0.1, -0.05) is 12.1 Å². The molecule has 4 nitrogen and oxygen atoms in total. The third kappa shape index (κ3) is 4.82. The number of aliphatic hydroxyl groups is 1. The smallest absolute Gasteiger partial charge is 0.119 e. The van der Waals surface area contributed by atoms with Crippen LogP contribution in [0.25, 0.3) is 0 Å². The largest absolute Gasteiger partial charge is 0.491 e. The topological polar surface area (TPSA) is 41.9 Å². The van der Waals surface area contributed by atoms with Gasteiger partial charge in [0.15, 0.2) is 0 Å². The Labute approximate surface area is 114 Å². The maximum Gasteiger partial charge on any atom is 0.119 e. The van der Waals surface area contributed by atoms with Crippen LogP contribution in [0.4, 0.5) is 0 Å². The first-order valence-electron chi connectivity index (χ1n) is 6.89. The van der Waals surface area contributed by atoms with Crippen molar-refractivity contribution in [1.29, 1.82) is 0 Å². The van der Waals surface area contributed by atoms with Crippen molar-refractivity contribution in [3.8, 4) is 5.75 Å². The maximum absolute atomic E-state index is 9.50. The van der Waals surface area contributed by atoms with Crippen molar-refractivity contribution in [2.45, 2.75) is 25.5 Å². The molecule has 1 N–H and O–H groups in total. The molecule has 1 fully saturated rings. The van der Waals surface area contributed by atoms with Crippen molar-refractivity contribution < 1.29 is 14.6 Å². The standard InChI is InChI=1S/C15H23NO3/c1-18-9-10-19-15-4-2-3-13(11-15)12-16-7-5-14(17)6-8-16/h2-4,11,14,17H,5-10,12H2,1H3. The Hall–Kier alpha value is -1.10. The molecule has 0 radical (unpaired) electrons. The molecular formula is C15H23NO3. The van der Waals surface area contributed by atoms with Crippen LogP contribution in [0.5, 0.6) is 5.75 Å². The van der Waals surface area contributed by atoms with Crippen molar-refractivity contribution >= 4 is 0 Å². The van der Waals surface area contributed by atoms with Crippen molar-refractivity contribution in [2.75, 3.05) is 33.4 Å². The van der Waals surface area contributed by atoms with Crippen molar-refractivity contribution in [3.05, 3.63) is 29.8 Å². The van der Waals surface area contributed by atoms with Crippen LogP contribution in [0.15, 0.2) is 24.3 Å². The quantitative estimate of drug-likeness (QED) is 0.795. The van der Waals surface area contributed by atoms with Crippen LogP contribution < -0.4 is 4.74 Å². The molecule has 2 rings (SSSR count). The average molecular weight is 265 g/mol. The monoisotopic (exact) mass is 265 g/mol. The molecule has 1 aliphatic rings. The van der Waals surface area contributed by atoms with E-state index in [4.69, 9.17) is 9.47 Å². The lowest BCUT2D eigenvalue weighted by atomic mass is 10.1. The Kier molecular flexibility index (Phi) is 5.63. The van der Waals surface area contributed by atoms with Gasteiger partial charge in [-0.2, -0.15) is 0 Å². The second kappa shape index (κ2) is 7.48. The molecule has 1 aromatic carbocycles. The highest BCUT2D eigenvalue weighted by atomic mass is 16.5. The van der Waals surface area contributed by atoms with E-state index < -0.39 is 0 Å². The molecular weight excluding hydrogens is 242 g/mol. The molecule has 106 valence electrons. The van der Waals surface area contributed by atoms with Crippen LogP contribution in [-0.2, 0) is 11.3 Å². The van der Waals surface area contributed by atoms with Gasteiger partial charge in [0.25, 0.3) is 0 Å². The number of methoxy groups -OCH3 is 1. The van der Waals surface area contributed by atoms with Crippen molar-refractivity contribution in [2.24, 2.45) is 0 Å². The summed E-state index contributed by atoms with van der Waals surface area (Å²) in [7, 11) is 1.67. The molecule has 4 heteroatoms. The van der Waals surface area contributed by atoms with Crippen LogP contribution in [0, 0.1) is 0 Å². The summed E-state index contributed by atoms with van der Waals surface area (Å²) < 4.78 is 10.6. The van der Waals surface area contributed by atoms with E-state index in [0.29, 0.717) is 13.2 Å². The van der Waals surface area contributed by atoms with E-state index in [2.05, 4.69) is 17.0 Å². The Balaban J connectivity index is 1.84. The van der Waals surface area contributed by atoms with E-state index in [-0.39, 0.29) is 6.10 Å². The Morgan fingerprint density at radius 3 is 2.79 bits per heavy atom. The molecule has 0 bridgehead atoms. The maximum atomic E-state index is 9.50. The SMILES string of the molecule is COCCOc1cccc(CN2CCC(O)CC2)c1. The van der Waals surface area contributed by atoms with Crippen LogP contribution in [0.2, 0.25) is 0 Å². The van der Waals surface area contributed by atoms with Gasteiger partial charge in [0.2, 0.25) is 0 Å². The van der Waals surface area contributed by atoms with Gasteiger partial charge >= 0.3 is 0 Å². The van der Waals surface area contributed by atoms with E-state index in [0.717, 1.165) is 38.2 Å². The number of piperidine rings is 1. The van der Waals surface area contributed by atoms with Crippen LogP contribution >= 0.6 is 0 Å². The van der Waals surface area contributed by atoms with Crippen LogP contribution in [-0.4, -0.2) is 49.5 Å². The Morgan fingerprint density at radius 1 is 1.26 bits per heavy atom. The number of benzene rings is 1. The second-order valence-corrected chi connectivity index (χ2v) is 5.00. The molecule has 0 amide bonds. The van der Waals surface area contributed by atoms with Gasteiger partial charge in [0.1, 0.15) is 12.4 Å². The van der Waals surface area contributed by atoms with Gasteiger partial charge < -0.3 is 14.6 Å². The summed E-state index contributed by atoms with van der Waals surface area (Å²) in [6, 6.07) is 8.20. The van der Waals surface area contributed by atoms with E-state index in [1.807, 2.05) is 12.1 Å². The Bertz CT molecular complexity index is 375. The van der Waals surface area contributed by atoms with Crippen LogP contribution in [0.3, 0.4) is 0 Å². The summed E-state index contributed by atoms with van der Waals surface area (Å²) in [4.78, 5) is 2.38. The lowest BCUT2D eigenvalue weighted by molar-refractivity contribution is 0.0792. The molecule has 0 aromatic heterocycles. The summed E-state index contributed by atoms with van der Waals surface area (Å²) in [5.41, 5.74) is 1.26. The highest BCUT2D eigenvalue weighted by Gasteiger charge is 2.16. The van der Waals surface area contributed by atoms with E-state index in [1.165, 1.54) is 5.56 Å². The normalized spacial score (nSPS) is 17.6. The second-order valence-electron chi connectivity index (χ2n) is 5.00. The predicted octanol–water partition coefficient (Wildman–Crippen LogP) is 1.67. The number of rotatable bonds is 6. The van der Waals surface area contributed by atoms with Gasteiger partial charge in [-0.15, -0.1) is 0 Å². The molecule has 0 saturated carbocycles. The molecule has 1 heterocycles. The molecule has 1 aromatic rings. The predicted molar refractivity (Wildman–Crippen MR) is 74.3 cm³/mol. The third-order valence-corrected chi connectivity index (χ3v) is 3.42. The minimum Gasteiger partial charge on any atom is -0.491 e. The first-order chi connectivity index (χ1) is 9.28. The van der Waals surface area contributed by atoms with Gasteiger partial charge in [0.05, 0.1) is 12.7 Å². The Morgan fingerprint density at radius 2 is 2.05 bits per heavy atom. The fourth-order valence-electron chi connectivity index (χ4n) is 2.31. The average Bonchev–Trinajstić information content (AvgIpc) is 2.42. The zero-order chi connectivity index (χ0) is 13.5. The lowest BCUT2D eigenvalue weighted by Gasteiger charge is -2.29. The fourth-order valence-corrected chi connectivity index (χ4v) is 2.31. The zero-order valence-electron chi connectivity index (χ0n) is 11.5. The number of hydrogen-bond acceptors (Lipinski definition) is 4. The minimum atomic E-state index is -0.111. The van der Waals surface area contributed by atoms with Gasteiger partial charge in [-0.05, 0) is 30.5 Å². The zero-order valence-corrected chi connectivity index (χ0v) is 11.5. The number of likely N-dealkylation sites (tertiary alicyclic amines) is 1. The number of nitrogens with zero attached hydrogens (tertiary/aromatic N) is 1. The minimum absolute atomic E-state index is 0.111. The van der Waals surface area contributed by atoms with Crippen molar-refractivity contribution in [1.82, 2.24) is 4.90 Å². The van der Waals surface area contributed by atoms with E-state index in [9.17, 15) is 5.11 Å². The highest BCUT2D eigenvalue weighted by molar-refractivity contribution is 5.28. The highest BCUT2D eigenvalue weighted by Crippen LogP contribution is 2.17. The number of ether oxygens (including phenoxy) is 2. The summed E-state index contributed by atoms with van der Waals surface area (Å²) in [6.45, 7) is 4.05. The molecule has 1 saturated heterocycles. The summed E-state index contributed by atoms with van der Waals surface area (Å²) in [5.74, 6) is 0.895. The molecule has 1 aliphatic heterocycles. The van der Waals surface area contributed by atoms with E-state index in [1.54, 1.807) is 7.11 Å². The molecule has 0 atom stereocenters. The van der Waals surface area contributed by atoms with Gasteiger partial charge in [0, 0.05) is 26.7 Å². The van der Waals surface area contributed by atoms with Crippen LogP contribution in [0.1, 0.15) is 18.4 Å². The fraction of sp³-hybridized carbons (Fsp3) is 0.600. The first kappa shape index (κ1) is 14.3. The third-order valence-electron chi connectivity index (χ3n) is 3.42. The summed E-state index contributed by atoms with van der Waals surface area (Å²) >= 11 is 0. The van der Waals surface area contributed by atoms with Gasteiger partial charge in [-0.3, -0.25) is 4.90 Å². The summed E-state index contributed by atoms with van der Waals surface area (Å²) in [6.07, 6.45) is 1.65. The van der Waals surface area contributed by atoms with Crippen molar-refractivity contribution in [3.63, 3.8) is 0 Å². The first-order valence-corrected chi connectivity index (χ1v) is 6.89. The molecule has 19 heavy (non-hydrogen) atoms. The van der Waals surface area contributed by atoms with E-state index >= 15 is 0 Å². The number of aliphatic hydroxyl groups excluding tert-OH is 1. The van der Waals surface area contributed by atoms with Gasteiger partial charge in [-0.25, -0.2) is 0 Å².